The molecule has 1 aliphatic heterocycles. The van der Waals surface area contributed by atoms with Gasteiger partial charge in [-0.1, -0.05) is 18.6 Å². The van der Waals surface area contributed by atoms with E-state index in [1.165, 1.54) is 25.3 Å². The molecular formula is C14H16N2O3. The third kappa shape index (κ3) is 2.42. The fourth-order valence-corrected chi connectivity index (χ4v) is 2.18. The highest BCUT2D eigenvalue weighted by Crippen LogP contribution is 2.35. The van der Waals surface area contributed by atoms with Gasteiger partial charge in [0.2, 0.25) is 5.75 Å². The Morgan fingerprint density at radius 1 is 1.37 bits per heavy atom. The van der Waals surface area contributed by atoms with Crippen molar-refractivity contribution < 1.29 is 14.7 Å². The Kier molecular flexibility index (Phi) is 3.13. The minimum absolute atomic E-state index is 0.0798. The summed E-state index contributed by atoms with van der Waals surface area (Å²) in [5.74, 6) is 0.0379. The molecule has 3 rings (SSSR count). The van der Waals surface area contributed by atoms with Crippen LogP contribution in [0.25, 0.3) is 6.08 Å². The molecule has 3 N–H and O–H groups in total. The number of hydroxylamine groups is 1. The van der Waals surface area contributed by atoms with E-state index < -0.39 is 0 Å². The van der Waals surface area contributed by atoms with Crippen molar-refractivity contribution in [3.63, 3.8) is 0 Å². The van der Waals surface area contributed by atoms with E-state index in [9.17, 15) is 9.90 Å². The van der Waals surface area contributed by atoms with E-state index in [4.69, 9.17) is 4.84 Å². The Labute approximate surface area is 111 Å². The number of nitrogens with one attached hydrogen (secondary N) is 2. The molecule has 1 saturated carbocycles. The van der Waals surface area contributed by atoms with Crippen molar-refractivity contribution >= 4 is 12.0 Å². The number of phenols is 1. The molecule has 0 spiro atoms. The maximum absolute atomic E-state index is 11.2. The molecule has 100 valence electrons. The number of hydrogen-bond acceptors (Lipinski definition) is 4. The number of carbonyl (C=O) groups is 1. The van der Waals surface area contributed by atoms with Crippen LogP contribution in [0.1, 0.15) is 30.4 Å². The van der Waals surface area contributed by atoms with Crippen molar-refractivity contribution in [2.45, 2.75) is 31.8 Å². The van der Waals surface area contributed by atoms with Crippen molar-refractivity contribution in [2.24, 2.45) is 0 Å². The summed E-state index contributed by atoms with van der Waals surface area (Å²) in [6.07, 6.45) is 6.66. The quantitative estimate of drug-likeness (QED) is 0.769. The predicted octanol–water partition coefficient (Wildman–Crippen LogP) is 1.47. The van der Waals surface area contributed by atoms with E-state index in [1.54, 1.807) is 6.08 Å². The smallest absolute Gasteiger partial charge is 0.276 e. The molecule has 5 nitrogen and oxygen atoms in total. The molecule has 0 unspecified atom stereocenters. The van der Waals surface area contributed by atoms with Crippen molar-refractivity contribution in [1.29, 1.82) is 0 Å². The van der Waals surface area contributed by atoms with Gasteiger partial charge >= 0.3 is 0 Å². The van der Waals surface area contributed by atoms with E-state index in [-0.39, 0.29) is 11.7 Å². The van der Waals surface area contributed by atoms with Crippen LogP contribution in [0.5, 0.6) is 11.5 Å². The molecule has 1 aromatic carbocycles. The van der Waals surface area contributed by atoms with Crippen LogP contribution in [0.15, 0.2) is 18.2 Å². The second kappa shape index (κ2) is 4.93. The summed E-state index contributed by atoms with van der Waals surface area (Å²) in [5, 5.41) is 13.6. The lowest BCUT2D eigenvalue weighted by Crippen LogP contribution is -2.34. The fourth-order valence-electron chi connectivity index (χ4n) is 2.18. The molecule has 1 heterocycles. The third-order valence-electron chi connectivity index (χ3n) is 3.60. The average Bonchev–Trinajstić information content (AvgIpc) is 2.53. The molecular weight excluding hydrogens is 244 g/mol. The number of hydrogen-bond donors (Lipinski definition) is 3. The molecule has 2 aliphatic rings. The maximum Gasteiger partial charge on any atom is 0.276 e. The van der Waals surface area contributed by atoms with Crippen LogP contribution in [-0.2, 0) is 11.3 Å². The predicted molar refractivity (Wildman–Crippen MR) is 70.4 cm³/mol. The first-order valence-corrected chi connectivity index (χ1v) is 6.47. The molecule has 0 atom stereocenters. The van der Waals surface area contributed by atoms with Crippen LogP contribution in [0, 0.1) is 0 Å². The van der Waals surface area contributed by atoms with Gasteiger partial charge in [0.1, 0.15) is 0 Å². The van der Waals surface area contributed by atoms with E-state index >= 15 is 0 Å². The monoisotopic (exact) mass is 260 g/mol. The molecule has 1 amide bonds. The van der Waals surface area contributed by atoms with E-state index in [1.807, 2.05) is 12.1 Å². The number of carbonyl (C=O) groups excluding carboxylic acids is 1. The highest BCUT2D eigenvalue weighted by molar-refractivity contribution is 5.92. The van der Waals surface area contributed by atoms with E-state index in [2.05, 4.69) is 10.8 Å². The number of benzene rings is 1. The Morgan fingerprint density at radius 3 is 2.95 bits per heavy atom. The molecule has 5 heteroatoms. The first kappa shape index (κ1) is 12.0. The topological polar surface area (TPSA) is 70.6 Å². The fraction of sp³-hybridized carbons (Fsp3) is 0.357. The second-order valence-electron chi connectivity index (χ2n) is 4.90. The van der Waals surface area contributed by atoms with Crippen LogP contribution in [0.4, 0.5) is 0 Å². The van der Waals surface area contributed by atoms with Crippen LogP contribution in [-0.4, -0.2) is 17.1 Å². The second-order valence-corrected chi connectivity index (χ2v) is 4.90. The number of fused-ring (bicyclic) bond motifs is 1. The molecule has 0 saturated heterocycles. The van der Waals surface area contributed by atoms with E-state index in [0.29, 0.717) is 23.9 Å². The lowest BCUT2D eigenvalue weighted by atomic mass is 9.93. The third-order valence-corrected chi connectivity index (χ3v) is 3.60. The average molecular weight is 260 g/mol. The van der Waals surface area contributed by atoms with Crippen LogP contribution >= 0.6 is 0 Å². The van der Waals surface area contributed by atoms with Crippen LogP contribution in [0.3, 0.4) is 0 Å². The largest absolute Gasteiger partial charge is 0.504 e. The van der Waals surface area contributed by atoms with Crippen molar-refractivity contribution in [2.75, 3.05) is 0 Å². The number of aromatic hydroxyl groups is 1. The van der Waals surface area contributed by atoms with Crippen molar-refractivity contribution in [1.82, 2.24) is 10.8 Å². The van der Waals surface area contributed by atoms with Gasteiger partial charge in [-0.3, -0.25) is 4.79 Å². The van der Waals surface area contributed by atoms with Crippen molar-refractivity contribution in [3.8, 4) is 11.5 Å². The minimum Gasteiger partial charge on any atom is -0.504 e. The van der Waals surface area contributed by atoms with Crippen molar-refractivity contribution in [3.05, 3.63) is 29.3 Å². The Bertz CT molecular complexity index is 536. The Balaban J connectivity index is 1.80. The number of phenolic OH excluding ortho intramolecular Hbond substituents is 1. The summed E-state index contributed by atoms with van der Waals surface area (Å²) in [4.78, 5) is 16.3. The van der Waals surface area contributed by atoms with Gasteiger partial charge in [-0.05, 0) is 18.9 Å². The molecule has 0 bridgehead atoms. The number of rotatable bonds is 3. The highest BCUT2D eigenvalue weighted by atomic mass is 16.7. The van der Waals surface area contributed by atoms with E-state index in [0.717, 1.165) is 5.56 Å². The minimum atomic E-state index is -0.343. The summed E-state index contributed by atoms with van der Waals surface area (Å²) >= 11 is 0. The summed E-state index contributed by atoms with van der Waals surface area (Å²) in [7, 11) is 0. The van der Waals surface area contributed by atoms with Gasteiger partial charge in [0, 0.05) is 29.8 Å². The Morgan fingerprint density at radius 2 is 2.21 bits per heavy atom. The normalized spacial score (nSPS) is 18.0. The molecule has 1 aromatic rings. The SMILES string of the molecule is O=C1C=Cc2ccc(CNC3CCC3)c(O)c2ON1. The maximum atomic E-state index is 11.2. The van der Waals surface area contributed by atoms with Gasteiger partial charge < -0.3 is 15.3 Å². The van der Waals surface area contributed by atoms with Crippen LogP contribution < -0.4 is 15.6 Å². The molecule has 0 radical (unpaired) electrons. The molecule has 19 heavy (non-hydrogen) atoms. The summed E-state index contributed by atoms with van der Waals surface area (Å²) in [5.41, 5.74) is 3.71. The first-order valence-electron chi connectivity index (χ1n) is 6.47. The van der Waals surface area contributed by atoms with Gasteiger partial charge in [0.05, 0.1) is 0 Å². The van der Waals surface area contributed by atoms with Gasteiger partial charge in [-0.15, -0.1) is 0 Å². The highest BCUT2D eigenvalue weighted by Gasteiger charge is 2.19. The molecule has 1 aliphatic carbocycles. The van der Waals surface area contributed by atoms with Gasteiger partial charge in [0.25, 0.3) is 5.91 Å². The lowest BCUT2D eigenvalue weighted by Gasteiger charge is -2.26. The summed E-state index contributed by atoms with van der Waals surface area (Å²) in [6, 6.07) is 4.24. The standard InChI is InChI=1S/C14H16N2O3/c17-12-7-6-9-4-5-10(8-15-11-2-1-3-11)13(18)14(9)19-16-12/h4-7,11,15,18H,1-3,8H2,(H,16,17). The number of amides is 1. The van der Waals surface area contributed by atoms with Gasteiger partial charge in [-0.2, -0.15) is 5.48 Å². The first-order chi connectivity index (χ1) is 9.24. The zero-order chi connectivity index (χ0) is 13.2. The van der Waals surface area contributed by atoms with Gasteiger partial charge in [0.15, 0.2) is 5.75 Å². The zero-order valence-corrected chi connectivity index (χ0v) is 10.5. The van der Waals surface area contributed by atoms with Crippen LogP contribution in [0.2, 0.25) is 0 Å². The Hall–Kier alpha value is -2.01. The van der Waals surface area contributed by atoms with Gasteiger partial charge in [-0.25, -0.2) is 0 Å². The summed E-state index contributed by atoms with van der Waals surface area (Å²) < 4.78 is 0. The zero-order valence-electron chi connectivity index (χ0n) is 10.5. The molecule has 1 fully saturated rings. The lowest BCUT2D eigenvalue weighted by molar-refractivity contribution is -0.122. The molecule has 0 aromatic heterocycles. The summed E-state index contributed by atoms with van der Waals surface area (Å²) in [6.45, 7) is 0.602.